The van der Waals surface area contributed by atoms with Crippen molar-refractivity contribution in [3.05, 3.63) is 35.3 Å². The molecule has 0 saturated heterocycles. The summed E-state index contributed by atoms with van der Waals surface area (Å²) in [6.07, 6.45) is 2.16. The molecule has 0 spiro atoms. The quantitative estimate of drug-likeness (QED) is 0.784. The Labute approximate surface area is 126 Å². The van der Waals surface area contributed by atoms with Crippen molar-refractivity contribution >= 4 is 17.8 Å². The van der Waals surface area contributed by atoms with Crippen LogP contribution in [0.5, 0.6) is 11.5 Å². The topological polar surface area (TPSA) is 65.0 Å². The van der Waals surface area contributed by atoms with Crippen LogP contribution < -0.4 is 9.47 Å². The van der Waals surface area contributed by atoms with Gasteiger partial charge in [-0.1, -0.05) is 0 Å². The number of fused-ring (bicyclic) bond motifs is 1. The van der Waals surface area contributed by atoms with Crippen LogP contribution in [0.25, 0.3) is 0 Å². The average molecular weight is 303 g/mol. The Morgan fingerprint density at radius 2 is 1.91 bits per heavy atom. The van der Waals surface area contributed by atoms with Crippen LogP contribution >= 0.6 is 0 Å². The van der Waals surface area contributed by atoms with Crippen molar-refractivity contribution in [3.63, 3.8) is 0 Å². The molecule has 0 fully saturated rings. The number of nitrogens with zero attached hydrogens (tertiary/aromatic N) is 1. The number of aliphatic imine (C=N–C) groups is 1. The van der Waals surface area contributed by atoms with Gasteiger partial charge in [-0.25, -0.2) is 4.39 Å². The molecule has 2 aliphatic heterocycles. The van der Waals surface area contributed by atoms with Crippen LogP contribution in [0.1, 0.15) is 36.0 Å². The highest BCUT2D eigenvalue weighted by Gasteiger charge is 2.20. The van der Waals surface area contributed by atoms with Gasteiger partial charge in [0.2, 0.25) is 6.79 Å². The summed E-state index contributed by atoms with van der Waals surface area (Å²) >= 11 is 0. The molecule has 0 N–H and O–H groups in total. The maximum absolute atomic E-state index is 13.5. The van der Waals surface area contributed by atoms with Crippen molar-refractivity contribution in [1.82, 2.24) is 0 Å². The molecule has 6 heteroatoms. The molecular formula is C16H14FNO4. The molecule has 0 saturated carbocycles. The third kappa shape index (κ3) is 2.90. The number of hydrogen-bond acceptors (Lipinski definition) is 5. The van der Waals surface area contributed by atoms with Crippen molar-refractivity contribution in [1.29, 1.82) is 0 Å². The fourth-order valence-corrected chi connectivity index (χ4v) is 2.32. The molecule has 2 aliphatic rings. The van der Waals surface area contributed by atoms with Crippen LogP contribution in [0.15, 0.2) is 34.7 Å². The van der Waals surface area contributed by atoms with Gasteiger partial charge >= 0.3 is 0 Å². The van der Waals surface area contributed by atoms with Gasteiger partial charge in [-0.15, -0.1) is 0 Å². The van der Waals surface area contributed by atoms with E-state index in [1.807, 2.05) is 0 Å². The normalized spacial score (nSPS) is 16.0. The molecule has 3 rings (SSSR count). The SMILES string of the molecule is O=C(CCC(=O)c1ccc2c(c1)OCO2)C1=C(F)CCC=N1. The first-order valence-corrected chi connectivity index (χ1v) is 7.02. The van der Waals surface area contributed by atoms with Gasteiger partial charge in [0, 0.05) is 31.0 Å². The Morgan fingerprint density at radius 3 is 2.73 bits per heavy atom. The van der Waals surface area contributed by atoms with E-state index in [-0.39, 0.29) is 37.5 Å². The third-order valence-electron chi connectivity index (χ3n) is 3.51. The average Bonchev–Trinajstić information content (AvgIpc) is 3.00. The number of carbonyl (C=O) groups excluding carboxylic acids is 2. The lowest BCUT2D eigenvalue weighted by Gasteiger charge is -2.07. The highest BCUT2D eigenvalue weighted by molar-refractivity contribution is 6.02. The summed E-state index contributed by atoms with van der Waals surface area (Å²) in [7, 11) is 0. The van der Waals surface area contributed by atoms with Crippen LogP contribution in [-0.2, 0) is 4.79 Å². The van der Waals surface area contributed by atoms with Crippen LogP contribution in [0.2, 0.25) is 0 Å². The van der Waals surface area contributed by atoms with E-state index in [4.69, 9.17) is 9.47 Å². The van der Waals surface area contributed by atoms with E-state index in [2.05, 4.69) is 4.99 Å². The molecule has 0 radical (unpaired) electrons. The van der Waals surface area contributed by atoms with Crippen molar-refractivity contribution in [3.8, 4) is 11.5 Å². The summed E-state index contributed by atoms with van der Waals surface area (Å²) < 4.78 is 23.9. The standard InChI is InChI=1S/C16H14FNO4/c17-11-2-1-7-18-16(11)13(20)5-4-12(19)10-3-6-14-15(8-10)22-9-21-14/h3,6-8H,1-2,4-5,9H2. The molecule has 0 aromatic heterocycles. The highest BCUT2D eigenvalue weighted by Crippen LogP contribution is 2.33. The van der Waals surface area contributed by atoms with Crippen molar-refractivity contribution in [2.75, 3.05) is 6.79 Å². The molecule has 2 heterocycles. The second-order valence-corrected chi connectivity index (χ2v) is 5.02. The smallest absolute Gasteiger partial charge is 0.231 e. The zero-order valence-corrected chi connectivity index (χ0v) is 11.8. The van der Waals surface area contributed by atoms with Crippen LogP contribution in [-0.4, -0.2) is 24.6 Å². The second-order valence-electron chi connectivity index (χ2n) is 5.02. The Bertz CT molecular complexity index is 693. The van der Waals surface area contributed by atoms with E-state index in [1.165, 1.54) is 6.21 Å². The molecule has 1 aromatic rings. The molecule has 22 heavy (non-hydrogen) atoms. The Morgan fingerprint density at radius 1 is 1.14 bits per heavy atom. The van der Waals surface area contributed by atoms with Gasteiger partial charge in [-0.2, -0.15) is 0 Å². The monoisotopic (exact) mass is 303 g/mol. The number of Topliss-reactive ketones (excluding diaryl/α,β-unsaturated/α-hetero) is 2. The Kier molecular flexibility index (Phi) is 4.00. The maximum atomic E-state index is 13.5. The first-order valence-electron chi connectivity index (χ1n) is 7.02. The van der Waals surface area contributed by atoms with Gasteiger partial charge in [0.25, 0.3) is 0 Å². The summed E-state index contributed by atoms with van der Waals surface area (Å²) in [6, 6.07) is 4.87. The third-order valence-corrected chi connectivity index (χ3v) is 3.51. The van der Waals surface area contributed by atoms with Crippen molar-refractivity contribution < 1.29 is 23.5 Å². The minimum Gasteiger partial charge on any atom is -0.454 e. The van der Waals surface area contributed by atoms with Crippen molar-refractivity contribution in [2.45, 2.75) is 25.7 Å². The van der Waals surface area contributed by atoms with Gasteiger partial charge in [-0.3, -0.25) is 14.6 Å². The number of benzene rings is 1. The molecule has 0 atom stereocenters. The fourth-order valence-electron chi connectivity index (χ4n) is 2.32. The van der Waals surface area contributed by atoms with Gasteiger partial charge in [0.05, 0.1) is 0 Å². The summed E-state index contributed by atoms with van der Waals surface area (Å²) in [6.45, 7) is 0.136. The highest BCUT2D eigenvalue weighted by atomic mass is 19.1. The Hall–Kier alpha value is -2.50. The predicted octanol–water partition coefficient (Wildman–Crippen LogP) is 2.99. The molecule has 0 unspecified atom stereocenters. The van der Waals surface area contributed by atoms with E-state index < -0.39 is 11.6 Å². The van der Waals surface area contributed by atoms with Gasteiger partial charge in [0.1, 0.15) is 11.5 Å². The Balaban J connectivity index is 1.63. The van der Waals surface area contributed by atoms with Gasteiger partial charge in [0.15, 0.2) is 23.1 Å². The van der Waals surface area contributed by atoms with Gasteiger partial charge < -0.3 is 9.47 Å². The molecular weight excluding hydrogens is 289 g/mol. The molecule has 114 valence electrons. The maximum Gasteiger partial charge on any atom is 0.231 e. The van der Waals surface area contributed by atoms with E-state index >= 15 is 0 Å². The first-order chi connectivity index (χ1) is 10.6. The number of ketones is 2. The number of hydrogen-bond donors (Lipinski definition) is 0. The lowest BCUT2D eigenvalue weighted by atomic mass is 10.0. The van der Waals surface area contributed by atoms with Crippen LogP contribution in [0.3, 0.4) is 0 Å². The lowest BCUT2D eigenvalue weighted by molar-refractivity contribution is -0.115. The summed E-state index contributed by atoms with van der Waals surface area (Å²) in [5, 5.41) is 0. The molecule has 5 nitrogen and oxygen atoms in total. The predicted molar refractivity (Wildman–Crippen MR) is 77.0 cm³/mol. The molecule has 1 aromatic carbocycles. The lowest BCUT2D eigenvalue weighted by Crippen LogP contribution is -2.09. The number of ether oxygens (including phenoxy) is 2. The van der Waals surface area contributed by atoms with Crippen LogP contribution in [0, 0.1) is 0 Å². The minimum absolute atomic E-state index is 0.00474. The van der Waals surface area contributed by atoms with E-state index in [0.717, 1.165) is 0 Å². The second kappa shape index (κ2) is 6.09. The zero-order chi connectivity index (χ0) is 15.5. The fraction of sp³-hybridized carbons (Fsp3) is 0.312. The summed E-state index contributed by atoms with van der Waals surface area (Å²) in [5.74, 6) is -0.0303. The molecule has 0 aliphatic carbocycles. The number of rotatable bonds is 5. The largest absolute Gasteiger partial charge is 0.454 e. The van der Waals surface area contributed by atoms with Gasteiger partial charge in [-0.05, 0) is 24.6 Å². The zero-order valence-electron chi connectivity index (χ0n) is 11.8. The molecule has 0 amide bonds. The number of carbonyl (C=O) groups is 2. The number of halogens is 1. The molecule has 0 bridgehead atoms. The van der Waals surface area contributed by atoms with E-state index in [1.54, 1.807) is 18.2 Å². The van der Waals surface area contributed by atoms with E-state index in [9.17, 15) is 14.0 Å². The number of allylic oxidation sites excluding steroid dienone is 2. The first kappa shape index (κ1) is 14.4. The van der Waals surface area contributed by atoms with E-state index in [0.29, 0.717) is 23.5 Å². The van der Waals surface area contributed by atoms with Crippen LogP contribution in [0.4, 0.5) is 4.39 Å². The summed E-state index contributed by atoms with van der Waals surface area (Å²) in [4.78, 5) is 27.8. The summed E-state index contributed by atoms with van der Waals surface area (Å²) in [5.41, 5.74) is 0.295. The van der Waals surface area contributed by atoms with Crippen molar-refractivity contribution in [2.24, 2.45) is 4.99 Å². The minimum atomic E-state index is -0.497.